The number of carbonyl (C=O) groups excluding carboxylic acids is 1. The fourth-order valence-electron chi connectivity index (χ4n) is 2.65. The first-order valence-corrected chi connectivity index (χ1v) is 7.02. The number of nitrogens with two attached hydrogens (primary N) is 1. The summed E-state index contributed by atoms with van der Waals surface area (Å²) in [5.74, 6) is 0.682. The number of nitrogens with zero attached hydrogens (tertiary/aromatic N) is 1. The second-order valence-corrected chi connectivity index (χ2v) is 5.24. The van der Waals surface area contributed by atoms with Gasteiger partial charge in [-0.25, -0.2) is 0 Å². The molecule has 1 aliphatic rings. The van der Waals surface area contributed by atoms with E-state index in [1.54, 1.807) is 17.0 Å². The molecular weight excluding hydrogens is 264 g/mol. The van der Waals surface area contributed by atoms with Crippen LogP contribution in [0.4, 0.5) is 11.4 Å². The van der Waals surface area contributed by atoms with E-state index in [0.717, 1.165) is 24.2 Å². The maximum absolute atomic E-state index is 12.3. The van der Waals surface area contributed by atoms with Crippen molar-refractivity contribution >= 4 is 17.3 Å². The van der Waals surface area contributed by atoms with E-state index in [-0.39, 0.29) is 12.5 Å². The number of para-hydroxylation sites is 1. The Hall–Kier alpha value is -2.49. The molecule has 1 heterocycles. The van der Waals surface area contributed by atoms with E-state index in [0.29, 0.717) is 11.4 Å². The van der Waals surface area contributed by atoms with Crippen LogP contribution in [0.25, 0.3) is 0 Å². The lowest BCUT2D eigenvalue weighted by atomic mass is 10.2. The Morgan fingerprint density at radius 2 is 2.10 bits per heavy atom. The first-order valence-electron chi connectivity index (χ1n) is 7.02. The second kappa shape index (κ2) is 5.48. The summed E-state index contributed by atoms with van der Waals surface area (Å²) >= 11 is 0. The van der Waals surface area contributed by atoms with Crippen LogP contribution in [0.15, 0.2) is 42.5 Å². The van der Waals surface area contributed by atoms with Crippen molar-refractivity contribution in [1.29, 1.82) is 0 Å². The number of carbonyl (C=O) groups is 1. The lowest BCUT2D eigenvalue weighted by Gasteiger charge is -2.18. The molecule has 0 bridgehead atoms. The van der Waals surface area contributed by atoms with Crippen molar-refractivity contribution in [3.63, 3.8) is 0 Å². The first kappa shape index (κ1) is 13.5. The van der Waals surface area contributed by atoms with E-state index in [1.807, 2.05) is 31.2 Å². The Kier molecular flexibility index (Phi) is 3.52. The number of aryl methyl sites for hydroxylation is 1. The van der Waals surface area contributed by atoms with Crippen molar-refractivity contribution < 1.29 is 9.53 Å². The van der Waals surface area contributed by atoms with Gasteiger partial charge in [0.25, 0.3) is 5.91 Å². The molecule has 0 radical (unpaired) electrons. The lowest BCUT2D eigenvalue weighted by Crippen LogP contribution is -2.33. The van der Waals surface area contributed by atoms with Gasteiger partial charge < -0.3 is 15.4 Å². The molecule has 21 heavy (non-hydrogen) atoms. The number of amides is 1. The van der Waals surface area contributed by atoms with Crippen molar-refractivity contribution in [3.05, 3.63) is 53.6 Å². The Morgan fingerprint density at radius 3 is 2.90 bits per heavy atom. The number of hydrogen-bond donors (Lipinski definition) is 1. The van der Waals surface area contributed by atoms with Gasteiger partial charge in [0.05, 0.1) is 0 Å². The molecule has 0 unspecified atom stereocenters. The fourth-order valence-corrected chi connectivity index (χ4v) is 2.65. The summed E-state index contributed by atoms with van der Waals surface area (Å²) in [6, 6.07) is 13.4. The third-order valence-corrected chi connectivity index (χ3v) is 3.74. The monoisotopic (exact) mass is 282 g/mol. The number of fused-ring (bicyclic) bond motifs is 1. The molecule has 2 aromatic carbocycles. The molecule has 0 saturated carbocycles. The van der Waals surface area contributed by atoms with Crippen molar-refractivity contribution in [3.8, 4) is 5.75 Å². The molecular formula is C17H18N2O2. The first-order chi connectivity index (χ1) is 10.1. The van der Waals surface area contributed by atoms with Crippen LogP contribution in [0.5, 0.6) is 5.75 Å². The molecule has 0 spiro atoms. The van der Waals surface area contributed by atoms with Gasteiger partial charge in [-0.05, 0) is 48.7 Å². The van der Waals surface area contributed by atoms with Crippen LogP contribution in [0.3, 0.4) is 0 Å². The average molecular weight is 282 g/mol. The highest BCUT2D eigenvalue weighted by Crippen LogP contribution is 2.27. The van der Waals surface area contributed by atoms with Gasteiger partial charge in [0.15, 0.2) is 6.61 Å². The van der Waals surface area contributed by atoms with E-state index in [4.69, 9.17) is 10.5 Å². The minimum absolute atomic E-state index is 0.0174. The topological polar surface area (TPSA) is 55.6 Å². The van der Waals surface area contributed by atoms with Gasteiger partial charge in [-0.1, -0.05) is 18.2 Å². The predicted molar refractivity (Wildman–Crippen MR) is 83.6 cm³/mol. The van der Waals surface area contributed by atoms with Crippen molar-refractivity contribution in [2.45, 2.75) is 13.3 Å². The van der Waals surface area contributed by atoms with Gasteiger partial charge in [-0.15, -0.1) is 0 Å². The summed E-state index contributed by atoms with van der Waals surface area (Å²) in [6.07, 6.45) is 0.906. The Bertz CT molecular complexity index is 682. The smallest absolute Gasteiger partial charge is 0.264 e. The average Bonchev–Trinajstić information content (AvgIpc) is 2.90. The maximum atomic E-state index is 12.3. The third kappa shape index (κ3) is 2.70. The highest BCUT2D eigenvalue weighted by Gasteiger charge is 2.24. The van der Waals surface area contributed by atoms with Crippen LogP contribution in [0, 0.1) is 6.92 Å². The standard InChI is InChI=1S/C17H18N2O2/c1-12-10-14(18)6-7-16(12)21-11-17(20)19-9-8-13-4-2-3-5-15(13)19/h2-7,10H,8-9,11,18H2,1H3. The normalized spacial score (nSPS) is 13.1. The van der Waals surface area contributed by atoms with Crippen LogP contribution in [-0.4, -0.2) is 19.1 Å². The lowest BCUT2D eigenvalue weighted by molar-refractivity contribution is -0.120. The molecule has 4 nitrogen and oxygen atoms in total. The number of ether oxygens (including phenoxy) is 1. The number of benzene rings is 2. The van der Waals surface area contributed by atoms with Crippen LogP contribution >= 0.6 is 0 Å². The van der Waals surface area contributed by atoms with Crippen molar-refractivity contribution in [2.24, 2.45) is 0 Å². The minimum atomic E-state index is -0.0174. The molecule has 0 aliphatic carbocycles. The Balaban J connectivity index is 1.68. The zero-order chi connectivity index (χ0) is 14.8. The summed E-state index contributed by atoms with van der Waals surface area (Å²) in [4.78, 5) is 14.1. The van der Waals surface area contributed by atoms with Crippen LogP contribution in [-0.2, 0) is 11.2 Å². The van der Waals surface area contributed by atoms with Gasteiger partial charge in [0.2, 0.25) is 0 Å². The predicted octanol–water partition coefficient (Wildman–Crippen LogP) is 2.55. The van der Waals surface area contributed by atoms with E-state index in [1.165, 1.54) is 5.56 Å². The zero-order valence-corrected chi connectivity index (χ0v) is 12.0. The van der Waals surface area contributed by atoms with Crippen LogP contribution in [0.2, 0.25) is 0 Å². The van der Waals surface area contributed by atoms with Gasteiger partial charge in [-0.3, -0.25) is 4.79 Å². The Morgan fingerprint density at radius 1 is 1.29 bits per heavy atom. The van der Waals surface area contributed by atoms with Crippen molar-refractivity contribution in [2.75, 3.05) is 23.8 Å². The molecule has 2 N–H and O–H groups in total. The minimum Gasteiger partial charge on any atom is -0.483 e. The molecule has 0 saturated heterocycles. The molecule has 0 atom stereocenters. The van der Waals surface area contributed by atoms with Crippen LogP contribution in [0.1, 0.15) is 11.1 Å². The SMILES string of the molecule is Cc1cc(N)ccc1OCC(=O)N1CCc2ccccc21. The number of nitrogen functional groups attached to an aromatic ring is 1. The number of hydrogen-bond acceptors (Lipinski definition) is 3. The molecule has 1 amide bonds. The molecule has 0 fully saturated rings. The summed E-state index contributed by atoms with van der Waals surface area (Å²) in [5.41, 5.74) is 9.55. The maximum Gasteiger partial charge on any atom is 0.264 e. The molecule has 1 aliphatic heterocycles. The molecule has 2 aromatic rings. The summed E-state index contributed by atoms with van der Waals surface area (Å²) in [5, 5.41) is 0. The highest BCUT2D eigenvalue weighted by molar-refractivity contribution is 5.96. The highest BCUT2D eigenvalue weighted by atomic mass is 16.5. The zero-order valence-electron chi connectivity index (χ0n) is 12.0. The van der Waals surface area contributed by atoms with E-state index in [9.17, 15) is 4.79 Å². The molecule has 4 heteroatoms. The van der Waals surface area contributed by atoms with E-state index >= 15 is 0 Å². The van der Waals surface area contributed by atoms with Crippen molar-refractivity contribution in [1.82, 2.24) is 0 Å². The van der Waals surface area contributed by atoms with Gasteiger partial charge >= 0.3 is 0 Å². The van der Waals surface area contributed by atoms with Gasteiger partial charge in [0, 0.05) is 17.9 Å². The van der Waals surface area contributed by atoms with Gasteiger partial charge in [0.1, 0.15) is 5.75 Å². The quantitative estimate of drug-likeness (QED) is 0.880. The molecule has 0 aromatic heterocycles. The largest absolute Gasteiger partial charge is 0.483 e. The second-order valence-electron chi connectivity index (χ2n) is 5.24. The number of anilines is 2. The Labute approximate surface area is 124 Å². The third-order valence-electron chi connectivity index (χ3n) is 3.74. The summed E-state index contributed by atoms with van der Waals surface area (Å²) in [7, 11) is 0. The van der Waals surface area contributed by atoms with Crippen LogP contribution < -0.4 is 15.4 Å². The summed E-state index contributed by atoms with van der Waals surface area (Å²) in [6.45, 7) is 2.68. The fraction of sp³-hybridized carbons (Fsp3) is 0.235. The molecule has 3 rings (SSSR count). The number of rotatable bonds is 3. The van der Waals surface area contributed by atoms with E-state index < -0.39 is 0 Å². The van der Waals surface area contributed by atoms with Gasteiger partial charge in [-0.2, -0.15) is 0 Å². The molecule has 108 valence electrons. The van der Waals surface area contributed by atoms with E-state index in [2.05, 4.69) is 6.07 Å². The summed E-state index contributed by atoms with van der Waals surface area (Å²) < 4.78 is 5.63.